The Kier molecular flexibility index (Phi) is 6.84. The van der Waals surface area contributed by atoms with Crippen LogP contribution in [0.3, 0.4) is 0 Å². The molecule has 0 aliphatic heterocycles. The van der Waals surface area contributed by atoms with E-state index in [0.717, 1.165) is 18.1 Å². The molecule has 0 unspecified atom stereocenters. The molecule has 2 heterocycles. The summed E-state index contributed by atoms with van der Waals surface area (Å²) >= 11 is 7.67. The molecule has 27 heavy (non-hydrogen) atoms. The SMILES string of the molecule is CCNC(=NCc1ccc(C)s1)NCCc1nc(-c2ccc(Cl)cc2)no1. The zero-order valence-corrected chi connectivity index (χ0v) is 16.9. The second-order valence-electron chi connectivity index (χ2n) is 5.90. The van der Waals surface area contributed by atoms with E-state index in [4.69, 9.17) is 16.1 Å². The second-order valence-corrected chi connectivity index (χ2v) is 7.71. The van der Waals surface area contributed by atoms with E-state index < -0.39 is 0 Å². The highest BCUT2D eigenvalue weighted by Gasteiger charge is 2.09. The lowest BCUT2D eigenvalue weighted by atomic mass is 10.2. The van der Waals surface area contributed by atoms with Crippen LogP contribution < -0.4 is 10.6 Å². The summed E-state index contributed by atoms with van der Waals surface area (Å²) in [4.78, 5) is 11.6. The lowest BCUT2D eigenvalue weighted by Crippen LogP contribution is -2.38. The van der Waals surface area contributed by atoms with E-state index in [1.54, 1.807) is 11.3 Å². The molecule has 2 aromatic heterocycles. The fourth-order valence-electron chi connectivity index (χ4n) is 2.43. The Morgan fingerprint density at radius 1 is 1.19 bits per heavy atom. The largest absolute Gasteiger partial charge is 0.357 e. The standard InChI is InChI=1S/C19H22ClN5OS/c1-3-21-19(23-12-16-9-4-13(2)27-16)22-11-10-17-24-18(25-26-17)14-5-7-15(20)8-6-14/h4-9H,3,10-12H2,1-2H3,(H2,21,22,23). The third kappa shape index (κ3) is 5.80. The van der Waals surface area contributed by atoms with Gasteiger partial charge in [-0.2, -0.15) is 4.98 Å². The first-order valence-electron chi connectivity index (χ1n) is 8.80. The predicted molar refractivity (Wildman–Crippen MR) is 110 cm³/mol. The number of benzene rings is 1. The minimum atomic E-state index is 0.565. The number of hydrogen-bond donors (Lipinski definition) is 2. The topological polar surface area (TPSA) is 75.3 Å². The average Bonchev–Trinajstić information content (AvgIpc) is 3.29. The molecule has 0 amide bonds. The van der Waals surface area contributed by atoms with Crippen LogP contribution in [0, 0.1) is 6.92 Å². The number of aliphatic imine (C=N–C) groups is 1. The molecule has 142 valence electrons. The number of halogens is 1. The van der Waals surface area contributed by atoms with E-state index in [2.05, 4.69) is 44.8 Å². The van der Waals surface area contributed by atoms with Crippen LogP contribution in [0.25, 0.3) is 11.4 Å². The van der Waals surface area contributed by atoms with E-state index in [1.165, 1.54) is 9.75 Å². The average molecular weight is 404 g/mol. The third-order valence-corrected chi connectivity index (χ3v) is 4.97. The van der Waals surface area contributed by atoms with Crippen molar-refractivity contribution in [2.24, 2.45) is 4.99 Å². The Morgan fingerprint density at radius 2 is 2.00 bits per heavy atom. The maximum absolute atomic E-state index is 5.91. The number of thiophene rings is 1. The first kappa shape index (κ1) is 19.4. The van der Waals surface area contributed by atoms with Crippen molar-refractivity contribution in [2.75, 3.05) is 13.1 Å². The van der Waals surface area contributed by atoms with Gasteiger partial charge in [-0.25, -0.2) is 4.99 Å². The number of nitrogens with one attached hydrogen (secondary N) is 2. The van der Waals surface area contributed by atoms with Crippen LogP contribution in [-0.4, -0.2) is 29.2 Å². The molecule has 0 saturated carbocycles. The van der Waals surface area contributed by atoms with Gasteiger partial charge in [-0.1, -0.05) is 16.8 Å². The van der Waals surface area contributed by atoms with Gasteiger partial charge >= 0.3 is 0 Å². The summed E-state index contributed by atoms with van der Waals surface area (Å²) in [6.45, 7) is 6.26. The molecule has 1 aromatic carbocycles. The summed E-state index contributed by atoms with van der Waals surface area (Å²) in [6, 6.07) is 11.6. The summed E-state index contributed by atoms with van der Waals surface area (Å²) in [5, 5.41) is 11.3. The second kappa shape index (κ2) is 9.53. The Balaban J connectivity index is 1.53. The molecular formula is C19H22ClN5OS. The Bertz CT molecular complexity index is 888. The fraction of sp³-hybridized carbons (Fsp3) is 0.316. The lowest BCUT2D eigenvalue weighted by molar-refractivity contribution is 0.378. The van der Waals surface area contributed by atoms with Crippen molar-refractivity contribution in [1.82, 2.24) is 20.8 Å². The van der Waals surface area contributed by atoms with Crippen LogP contribution in [0.4, 0.5) is 0 Å². The molecule has 2 N–H and O–H groups in total. The van der Waals surface area contributed by atoms with E-state index >= 15 is 0 Å². The van der Waals surface area contributed by atoms with Crippen LogP contribution in [-0.2, 0) is 13.0 Å². The highest BCUT2D eigenvalue weighted by Crippen LogP contribution is 2.18. The van der Waals surface area contributed by atoms with E-state index in [1.807, 2.05) is 31.2 Å². The first-order chi connectivity index (χ1) is 13.1. The fourth-order valence-corrected chi connectivity index (χ4v) is 3.37. The summed E-state index contributed by atoms with van der Waals surface area (Å²) in [6.07, 6.45) is 0.614. The van der Waals surface area contributed by atoms with Gasteiger partial charge in [-0.3, -0.25) is 0 Å². The molecular weight excluding hydrogens is 382 g/mol. The van der Waals surface area contributed by atoms with Crippen molar-refractivity contribution in [2.45, 2.75) is 26.8 Å². The van der Waals surface area contributed by atoms with Crippen molar-refractivity contribution in [3.05, 3.63) is 57.1 Å². The van der Waals surface area contributed by atoms with Gasteiger partial charge in [0.15, 0.2) is 5.96 Å². The van der Waals surface area contributed by atoms with Crippen molar-refractivity contribution < 1.29 is 4.52 Å². The molecule has 0 radical (unpaired) electrons. The maximum atomic E-state index is 5.91. The first-order valence-corrected chi connectivity index (χ1v) is 9.99. The van der Waals surface area contributed by atoms with Crippen molar-refractivity contribution >= 4 is 28.9 Å². The smallest absolute Gasteiger partial charge is 0.228 e. The van der Waals surface area contributed by atoms with Crippen LogP contribution in [0.15, 0.2) is 45.9 Å². The summed E-state index contributed by atoms with van der Waals surface area (Å²) < 4.78 is 5.33. The van der Waals surface area contributed by atoms with Crippen LogP contribution in [0.1, 0.15) is 22.6 Å². The lowest BCUT2D eigenvalue weighted by Gasteiger charge is -2.09. The minimum absolute atomic E-state index is 0.565. The monoisotopic (exact) mass is 403 g/mol. The molecule has 0 aliphatic carbocycles. The van der Waals surface area contributed by atoms with Gasteiger partial charge in [-0.15, -0.1) is 11.3 Å². The number of guanidine groups is 1. The Hall–Kier alpha value is -2.38. The Labute approximate surface area is 167 Å². The highest BCUT2D eigenvalue weighted by molar-refractivity contribution is 7.11. The normalized spacial score (nSPS) is 11.6. The minimum Gasteiger partial charge on any atom is -0.357 e. The summed E-state index contributed by atoms with van der Waals surface area (Å²) in [5.74, 6) is 1.92. The van der Waals surface area contributed by atoms with E-state index in [-0.39, 0.29) is 0 Å². The maximum Gasteiger partial charge on any atom is 0.228 e. The van der Waals surface area contributed by atoms with Gasteiger partial charge in [0, 0.05) is 39.9 Å². The number of nitrogens with zero attached hydrogens (tertiary/aromatic N) is 3. The number of rotatable bonds is 7. The number of aromatic nitrogens is 2. The molecule has 0 aliphatic rings. The molecule has 3 rings (SSSR count). The molecule has 0 spiro atoms. The quantitative estimate of drug-likeness (QED) is 0.459. The van der Waals surface area contributed by atoms with Crippen molar-refractivity contribution in [3.63, 3.8) is 0 Å². The zero-order chi connectivity index (χ0) is 19.1. The van der Waals surface area contributed by atoms with Crippen LogP contribution in [0.5, 0.6) is 0 Å². The number of aryl methyl sites for hydroxylation is 1. The third-order valence-electron chi connectivity index (χ3n) is 3.74. The van der Waals surface area contributed by atoms with Gasteiger partial charge in [0.1, 0.15) is 0 Å². The van der Waals surface area contributed by atoms with Crippen LogP contribution >= 0.6 is 22.9 Å². The highest BCUT2D eigenvalue weighted by atomic mass is 35.5. The van der Waals surface area contributed by atoms with E-state index in [0.29, 0.717) is 36.2 Å². The summed E-state index contributed by atoms with van der Waals surface area (Å²) in [5.41, 5.74) is 0.878. The zero-order valence-electron chi connectivity index (χ0n) is 15.3. The molecule has 0 atom stereocenters. The molecule has 3 aromatic rings. The van der Waals surface area contributed by atoms with Crippen molar-refractivity contribution in [3.8, 4) is 11.4 Å². The van der Waals surface area contributed by atoms with E-state index in [9.17, 15) is 0 Å². The van der Waals surface area contributed by atoms with Gasteiger partial charge < -0.3 is 15.2 Å². The molecule has 6 nitrogen and oxygen atoms in total. The number of hydrogen-bond acceptors (Lipinski definition) is 5. The molecule has 8 heteroatoms. The van der Waals surface area contributed by atoms with Crippen LogP contribution in [0.2, 0.25) is 5.02 Å². The van der Waals surface area contributed by atoms with Gasteiger partial charge in [0.2, 0.25) is 11.7 Å². The summed E-state index contributed by atoms with van der Waals surface area (Å²) in [7, 11) is 0. The van der Waals surface area contributed by atoms with Crippen molar-refractivity contribution in [1.29, 1.82) is 0 Å². The van der Waals surface area contributed by atoms with Gasteiger partial charge in [-0.05, 0) is 50.2 Å². The Morgan fingerprint density at radius 3 is 2.70 bits per heavy atom. The van der Waals surface area contributed by atoms with Gasteiger partial charge in [0.25, 0.3) is 0 Å². The molecule has 0 bridgehead atoms. The molecule has 0 fully saturated rings. The predicted octanol–water partition coefficient (Wildman–Crippen LogP) is 4.06. The molecule has 0 saturated heterocycles. The van der Waals surface area contributed by atoms with Gasteiger partial charge in [0.05, 0.1) is 6.54 Å².